The molecule has 1 unspecified atom stereocenters. The number of fused-ring (bicyclic) bond motifs is 1. The lowest BCUT2D eigenvalue weighted by Crippen LogP contribution is -2.26. The van der Waals surface area contributed by atoms with Crippen molar-refractivity contribution in [2.24, 2.45) is 0 Å². The summed E-state index contributed by atoms with van der Waals surface area (Å²) < 4.78 is 0. The molecule has 4 rings (SSSR count). The molecule has 5 nitrogen and oxygen atoms in total. The summed E-state index contributed by atoms with van der Waals surface area (Å²) >= 11 is 0. The molecule has 5 heteroatoms. The van der Waals surface area contributed by atoms with Crippen molar-refractivity contribution in [1.82, 2.24) is 10.3 Å². The van der Waals surface area contributed by atoms with Crippen molar-refractivity contribution in [3.05, 3.63) is 100 Å². The minimum absolute atomic E-state index is 0.138. The highest BCUT2D eigenvalue weighted by atomic mass is 16.3. The Morgan fingerprint density at radius 1 is 0.966 bits per heavy atom. The van der Waals surface area contributed by atoms with E-state index in [2.05, 4.69) is 10.3 Å². The minimum Gasteiger partial charge on any atom is -0.506 e. The molecule has 4 aromatic rings. The standard InChI is InChI=1S/C24H20N2O3/c1-15(16-8-4-2-5-9-16)25-23(28)18-12-13-20-19(14-18)22(27)21(24(29)26-20)17-10-6-3-7-11-17/h2-15H,1H3,(H,25,28)(H2,26,27,29). The molecule has 0 fully saturated rings. The molecule has 1 atom stereocenters. The van der Waals surface area contributed by atoms with Crippen LogP contribution in [0.15, 0.2) is 83.7 Å². The normalized spacial score (nSPS) is 11.9. The topological polar surface area (TPSA) is 82.2 Å². The Hall–Kier alpha value is -3.86. The first-order valence-electron chi connectivity index (χ1n) is 9.35. The summed E-state index contributed by atoms with van der Waals surface area (Å²) in [6.45, 7) is 1.91. The largest absolute Gasteiger partial charge is 0.506 e. The molecule has 0 aliphatic heterocycles. The van der Waals surface area contributed by atoms with Crippen LogP contribution in [0.2, 0.25) is 0 Å². The molecule has 3 N–H and O–H groups in total. The van der Waals surface area contributed by atoms with Crippen LogP contribution in [0.5, 0.6) is 5.75 Å². The molecule has 0 aliphatic rings. The maximum atomic E-state index is 12.7. The van der Waals surface area contributed by atoms with Gasteiger partial charge in [0.05, 0.1) is 17.1 Å². The van der Waals surface area contributed by atoms with Crippen molar-refractivity contribution in [3.63, 3.8) is 0 Å². The van der Waals surface area contributed by atoms with E-state index in [1.165, 1.54) is 0 Å². The molecule has 29 heavy (non-hydrogen) atoms. The first kappa shape index (κ1) is 18.5. The van der Waals surface area contributed by atoms with Gasteiger partial charge in [-0.3, -0.25) is 9.59 Å². The Kier molecular flexibility index (Phi) is 4.87. The third kappa shape index (κ3) is 3.62. The Morgan fingerprint density at radius 3 is 2.31 bits per heavy atom. The van der Waals surface area contributed by atoms with Gasteiger partial charge in [0.1, 0.15) is 5.75 Å². The number of aromatic hydroxyl groups is 1. The van der Waals surface area contributed by atoms with E-state index >= 15 is 0 Å². The predicted molar refractivity (Wildman–Crippen MR) is 114 cm³/mol. The number of carbonyl (C=O) groups is 1. The zero-order valence-electron chi connectivity index (χ0n) is 15.8. The van der Waals surface area contributed by atoms with Gasteiger partial charge in [0.15, 0.2) is 0 Å². The molecular weight excluding hydrogens is 364 g/mol. The summed E-state index contributed by atoms with van der Waals surface area (Å²) in [5, 5.41) is 14.2. The number of aromatic amines is 1. The molecule has 0 saturated carbocycles. The average molecular weight is 384 g/mol. The summed E-state index contributed by atoms with van der Waals surface area (Å²) in [5.41, 5.74) is 2.30. The lowest BCUT2D eigenvalue weighted by Gasteiger charge is -2.15. The Balaban J connectivity index is 1.72. The van der Waals surface area contributed by atoms with Crippen molar-refractivity contribution < 1.29 is 9.90 Å². The zero-order chi connectivity index (χ0) is 20.4. The van der Waals surface area contributed by atoms with Gasteiger partial charge in [-0.2, -0.15) is 0 Å². The molecule has 0 spiro atoms. The highest BCUT2D eigenvalue weighted by Crippen LogP contribution is 2.32. The molecule has 1 aromatic heterocycles. The predicted octanol–water partition coefficient (Wildman–Crippen LogP) is 4.39. The second kappa shape index (κ2) is 7.64. The van der Waals surface area contributed by atoms with E-state index in [4.69, 9.17) is 0 Å². The van der Waals surface area contributed by atoms with Gasteiger partial charge in [-0.1, -0.05) is 60.7 Å². The molecule has 0 radical (unpaired) electrons. The van der Waals surface area contributed by atoms with Crippen LogP contribution >= 0.6 is 0 Å². The van der Waals surface area contributed by atoms with Crippen LogP contribution in [0.25, 0.3) is 22.0 Å². The maximum absolute atomic E-state index is 12.7. The minimum atomic E-state index is -0.379. The molecule has 3 aromatic carbocycles. The van der Waals surface area contributed by atoms with E-state index in [0.29, 0.717) is 22.0 Å². The van der Waals surface area contributed by atoms with Crippen LogP contribution in [-0.4, -0.2) is 16.0 Å². The third-order valence-corrected chi connectivity index (χ3v) is 4.96. The Labute approximate surface area is 167 Å². The number of hydrogen-bond acceptors (Lipinski definition) is 3. The maximum Gasteiger partial charge on any atom is 0.260 e. The van der Waals surface area contributed by atoms with Gasteiger partial charge in [-0.25, -0.2) is 0 Å². The van der Waals surface area contributed by atoms with Crippen LogP contribution < -0.4 is 10.9 Å². The van der Waals surface area contributed by atoms with Crippen LogP contribution in [0.4, 0.5) is 0 Å². The van der Waals surface area contributed by atoms with Gasteiger partial charge in [0.2, 0.25) is 0 Å². The zero-order valence-corrected chi connectivity index (χ0v) is 15.8. The number of nitrogens with one attached hydrogen (secondary N) is 2. The van der Waals surface area contributed by atoms with Crippen molar-refractivity contribution in [2.45, 2.75) is 13.0 Å². The second-order valence-corrected chi connectivity index (χ2v) is 6.91. The molecule has 0 aliphatic carbocycles. The third-order valence-electron chi connectivity index (χ3n) is 4.96. The van der Waals surface area contributed by atoms with E-state index in [0.717, 1.165) is 5.56 Å². The van der Waals surface area contributed by atoms with Crippen LogP contribution in [0.1, 0.15) is 28.9 Å². The highest BCUT2D eigenvalue weighted by Gasteiger charge is 2.17. The number of hydrogen-bond donors (Lipinski definition) is 3. The molecule has 144 valence electrons. The summed E-state index contributed by atoms with van der Waals surface area (Å²) in [5.74, 6) is -0.393. The summed E-state index contributed by atoms with van der Waals surface area (Å²) in [7, 11) is 0. The van der Waals surface area contributed by atoms with E-state index in [-0.39, 0.29) is 28.8 Å². The van der Waals surface area contributed by atoms with Gasteiger partial charge in [-0.05, 0) is 36.2 Å². The van der Waals surface area contributed by atoms with Gasteiger partial charge < -0.3 is 15.4 Å². The van der Waals surface area contributed by atoms with Gasteiger partial charge in [0, 0.05) is 10.9 Å². The highest BCUT2D eigenvalue weighted by molar-refractivity contribution is 6.00. The molecular formula is C24H20N2O3. The van der Waals surface area contributed by atoms with E-state index in [1.54, 1.807) is 42.5 Å². The number of H-pyrrole nitrogens is 1. The lowest BCUT2D eigenvalue weighted by atomic mass is 10.0. The molecule has 0 saturated heterocycles. The number of benzene rings is 3. The number of pyridine rings is 1. The van der Waals surface area contributed by atoms with Crippen LogP contribution in [0.3, 0.4) is 0 Å². The van der Waals surface area contributed by atoms with Crippen molar-refractivity contribution >= 4 is 16.8 Å². The Bertz CT molecular complexity index is 1230. The fourth-order valence-electron chi connectivity index (χ4n) is 3.40. The van der Waals surface area contributed by atoms with Gasteiger partial charge in [-0.15, -0.1) is 0 Å². The van der Waals surface area contributed by atoms with E-state index < -0.39 is 0 Å². The van der Waals surface area contributed by atoms with E-state index in [9.17, 15) is 14.7 Å². The SMILES string of the molecule is CC(NC(=O)c1ccc2[nH]c(=O)c(-c3ccccc3)c(O)c2c1)c1ccccc1. The first-order chi connectivity index (χ1) is 14.0. The van der Waals surface area contributed by atoms with Crippen molar-refractivity contribution in [2.75, 3.05) is 0 Å². The second-order valence-electron chi connectivity index (χ2n) is 6.91. The fraction of sp³-hybridized carbons (Fsp3) is 0.0833. The smallest absolute Gasteiger partial charge is 0.260 e. The van der Waals surface area contributed by atoms with Crippen molar-refractivity contribution in [3.8, 4) is 16.9 Å². The summed E-state index contributed by atoms with van der Waals surface area (Å²) in [4.78, 5) is 28.0. The number of carbonyl (C=O) groups excluding carboxylic acids is 1. The molecule has 0 bridgehead atoms. The molecule has 1 amide bonds. The quantitative estimate of drug-likeness (QED) is 0.488. The van der Waals surface area contributed by atoms with Crippen molar-refractivity contribution in [1.29, 1.82) is 0 Å². The lowest BCUT2D eigenvalue weighted by molar-refractivity contribution is 0.0940. The number of aromatic nitrogens is 1. The van der Waals surface area contributed by atoms with Gasteiger partial charge >= 0.3 is 0 Å². The first-order valence-corrected chi connectivity index (χ1v) is 9.35. The molecule has 1 heterocycles. The average Bonchev–Trinajstić information content (AvgIpc) is 2.75. The fourth-order valence-corrected chi connectivity index (χ4v) is 3.40. The van der Waals surface area contributed by atoms with Gasteiger partial charge in [0.25, 0.3) is 11.5 Å². The monoisotopic (exact) mass is 384 g/mol. The van der Waals surface area contributed by atoms with Crippen LogP contribution in [0, 0.1) is 0 Å². The van der Waals surface area contributed by atoms with Crippen LogP contribution in [-0.2, 0) is 0 Å². The Morgan fingerprint density at radius 2 is 1.62 bits per heavy atom. The van der Waals surface area contributed by atoms with E-state index in [1.807, 2.05) is 43.3 Å². The number of rotatable bonds is 4. The summed E-state index contributed by atoms with van der Waals surface area (Å²) in [6, 6.07) is 23.3. The number of amides is 1. The summed E-state index contributed by atoms with van der Waals surface area (Å²) in [6.07, 6.45) is 0.